The summed E-state index contributed by atoms with van der Waals surface area (Å²) in [7, 11) is 0. The molecule has 128 valence electrons. The summed E-state index contributed by atoms with van der Waals surface area (Å²) in [5.74, 6) is -3.98. The van der Waals surface area contributed by atoms with Crippen LogP contribution in [0.3, 0.4) is 0 Å². The number of carboxylic acid groups (broad SMARTS) is 1. The number of alkyl halides is 3. The van der Waals surface area contributed by atoms with E-state index in [1.807, 2.05) is 18.4 Å². The summed E-state index contributed by atoms with van der Waals surface area (Å²) in [6.07, 6.45) is -2.54. The quantitative estimate of drug-likeness (QED) is 0.800. The average molecular weight is 349 g/mol. The molecular formula is C15H18F3NO3S. The Hall–Kier alpha value is -1.41. The van der Waals surface area contributed by atoms with Crippen LogP contribution in [0.2, 0.25) is 0 Å². The number of nitrogens with zero attached hydrogens (tertiary/aromatic N) is 1. The average Bonchev–Trinajstić information content (AvgIpc) is 2.93. The third-order valence-electron chi connectivity index (χ3n) is 3.87. The van der Waals surface area contributed by atoms with Gasteiger partial charge < -0.3 is 9.84 Å². The highest BCUT2D eigenvalue weighted by atomic mass is 32.2. The van der Waals surface area contributed by atoms with Gasteiger partial charge in [-0.05, 0) is 30.5 Å². The van der Waals surface area contributed by atoms with E-state index in [4.69, 9.17) is 9.84 Å². The van der Waals surface area contributed by atoms with Crippen molar-refractivity contribution >= 4 is 17.7 Å². The predicted octanol–water partition coefficient (Wildman–Crippen LogP) is 2.98. The van der Waals surface area contributed by atoms with Crippen molar-refractivity contribution < 1.29 is 27.8 Å². The van der Waals surface area contributed by atoms with E-state index in [0.29, 0.717) is 5.75 Å². The Morgan fingerprint density at radius 2 is 2.00 bits per heavy atom. The van der Waals surface area contributed by atoms with Gasteiger partial charge in [-0.1, -0.05) is 0 Å². The van der Waals surface area contributed by atoms with Crippen molar-refractivity contribution in [2.75, 3.05) is 32.5 Å². The molecule has 1 aliphatic heterocycles. The number of hydrogen-bond donors (Lipinski definition) is 1. The Morgan fingerprint density at radius 3 is 2.48 bits per heavy atom. The Labute approximate surface area is 136 Å². The van der Waals surface area contributed by atoms with E-state index in [1.165, 1.54) is 4.90 Å². The molecule has 1 fully saturated rings. The second kappa shape index (κ2) is 7.44. The Balaban J connectivity index is 1.85. The van der Waals surface area contributed by atoms with E-state index in [1.54, 1.807) is 23.9 Å². The summed E-state index contributed by atoms with van der Waals surface area (Å²) < 4.78 is 44.1. The van der Waals surface area contributed by atoms with E-state index in [0.717, 1.165) is 4.90 Å². The summed E-state index contributed by atoms with van der Waals surface area (Å²) in [5, 5.41) is 8.96. The van der Waals surface area contributed by atoms with Crippen LogP contribution in [-0.4, -0.2) is 54.6 Å². The van der Waals surface area contributed by atoms with Crippen LogP contribution in [0.4, 0.5) is 13.2 Å². The lowest BCUT2D eigenvalue weighted by Gasteiger charge is -2.18. The third kappa shape index (κ3) is 4.78. The van der Waals surface area contributed by atoms with Gasteiger partial charge in [0.05, 0.1) is 11.8 Å². The zero-order chi connectivity index (χ0) is 17.0. The molecule has 0 bridgehead atoms. The number of carboxylic acids is 1. The largest absolute Gasteiger partial charge is 0.492 e. The normalized spacial score (nSPS) is 22.3. The topological polar surface area (TPSA) is 49.8 Å². The van der Waals surface area contributed by atoms with E-state index in [2.05, 4.69) is 0 Å². The minimum Gasteiger partial charge on any atom is -0.492 e. The number of aliphatic carboxylic acids is 1. The van der Waals surface area contributed by atoms with Crippen LogP contribution >= 0.6 is 11.8 Å². The van der Waals surface area contributed by atoms with Gasteiger partial charge in [0.1, 0.15) is 12.4 Å². The minimum absolute atomic E-state index is 0.103. The lowest BCUT2D eigenvalue weighted by molar-refractivity contribution is -0.188. The highest BCUT2D eigenvalue weighted by Crippen LogP contribution is 2.37. The molecule has 0 saturated carbocycles. The van der Waals surface area contributed by atoms with Gasteiger partial charge in [0.2, 0.25) is 0 Å². The van der Waals surface area contributed by atoms with Gasteiger partial charge in [-0.25, -0.2) is 0 Å². The van der Waals surface area contributed by atoms with Gasteiger partial charge in [0.15, 0.2) is 0 Å². The number of likely N-dealkylation sites (tertiary alicyclic amines) is 1. The summed E-state index contributed by atoms with van der Waals surface area (Å²) in [5.41, 5.74) is 0. The van der Waals surface area contributed by atoms with Crippen LogP contribution in [0.1, 0.15) is 0 Å². The molecule has 0 amide bonds. The number of benzene rings is 1. The van der Waals surface area contributed by atoms with Gasteiger partial charge in [-0.2, -0.15) is 13.2 Å². The second-order valence-corrected chi connectivity index (χ2v) is 6.26. The summed E-state index contributed by atoms with van der Waals surface area (Å²) in [6, 6.07) is 7.40. The number of thioether (sulfide) groups is 1. The Morgan fingerprint density at radius 1 is 1.35 bits per heavy atom. The molecule has 0 radical (unpaired) electrons. The van der Waals surface area contributed by atoms with Crippen LogP contribution in [0.5, 0.6) is 5.75 Å². The van der Waals surface area contributed by atoms with Gasteiger partial charge in [-0.3, -0.25) is 9.69 Å². The minimum atomic E-state index is -4.49. The summed E-state index contributed by atoms with van der Waals surface area (Å²) in [4.78, 5) is 13.6. The predicted molar refractivity (Wildman–Crippen MR) is 80.8 cm³/mol. The fourth-order valence-corrected chi connectivity index (χ4v) is 3.02. The molecule has 23 heavy (non-hydrogen) atoms. The van der Waals surface area contributed by atoms with Crippen molar-refractivity contribution in [2.45, 2.75) is 11.1 Å². The van der Waals surface area contributed by atoms with E-state index >= 15 is 0 Å². The van der Waals surface area contributed by atoms with Crippen molar-refractivity contribution in [3.05, 3.63) is 24.3 Å². The Bertz CT molecular complexity index is 536. The molecular weight excluding hydrogens is 331 g/mol. The van der Waals surface area contributed by atoms with E-state index < -0.39 is 24.0 Å². The first kappa shape index (κ1) is 17.9. The van der Waals surface area contributed by atoms with Crippen LogP contribution in [-0.2, 0) is 4.79 Å². The molecule has 2 rings (SSSR count). The molecule has 1 heterocycles. The number of ether oxygens (including phenoxy) is 1. The van der Waals surface area contributed by atoms with E-state index in [-0.39, 0.29) is 26.2 Å². The van der Waals surface area contributed by atoms with E-state index in [9.17, 15) is 18.0 Å². The first-order valence-corrected chi connectivity index (χ1v) is 8.32. The van der Waals surface area contributed by atoms with Crippen LogP contribution in [0.25, 0.3) is 0 Å². The van der Waals surface area contributed by atoms with Crippen molar-refractivity contribution in [3.63, 3.8) is 0 Å². The van der Waals surface area contributed by atoms with Crippen molar-refractivity contribution in [3.8, 4) is 5.75 Å². The van der Waals surface area contributed by atoms with Crippen LogP contribution < -0.4 is 4.74 Å². The highest BCUT2D eigenvalue weighted by Gasteiger charge is 2.52. The van der Waals surface area contributed by atoms with Crippen molar-refractivity contribution in [2.24, 2.45) is 11.8 Å². The molecule has 1 saturated heterocycles. The molecule has 4 nitrogen and oxygen atoms in total. The maximum absolute atomic E-state index is 12.9. The smallest absolute Gasteiger partial charge is 0.393 e. The maximum Gasteiger partial charge on any atom is 0.393 e. The first-order valence-electron chi connectivity index (χ1n) is 7.10. The molecule has 0 spiro atoms. The lowest BCUT2D eigenvalue weighted by atomic mass is 9.96. The van der Waals surface area contributed by atoms with Crippen LogP contribution in [0, 0.1) is 11.8 Å². The van der Waals surface area contributed by atoms with Gasteiger partial charge >= 0.3 is 12.1 Å². The highest BCUT2D eigenvalue weighted by molar-refractivity contribution is 7.98. The van der Waals surface area contributed by atoms with Gasteiger partial charge in [-0.15, -0.1) is 11.8 Å². The molecule has 0 aromatic heterocycles. The van der Waals surface area contributed by atoms with Gasteiger partial charge in [0, 0.05) is 24.5 Å². The summed E-state index contributed by atoms with van der Waals surface area (Å²) >= 11 is 1.60. The number of hydrogen-bond acceptors (Lipinski definition) is 4. The maximum atomic E-state index is 12.9. The molecule has 8 heteroatoms. The molecule has 1 aromatic rings. The summed E-state index contributed by atoms with van der Waals surface area (Å²) in [6.45, 7) is 0.0830. The molecule has 0 unspecified atom stereocenters. The van der Waals surface area contributed by atoms with Crippen molar-refractivity contribution in [1.29, 1.82) is 0 Å². The fourth-order valence-electron chi connectivity index (χ4n) is 2.61. The SMILES string of the molecule is CSc1ccc(OCCN2C[C@@H](C(F)(F)F)[C@H](C(=O)O)C2)cc1. The van der Waals surface area contributed by atoms with Gasteiger partial charge in [0.25, 0.3) is 0 Å². The first-order chi connectivity index (χ1) is 10.8. The lowest BCUT2D eigenvalue weighted by Crippen LogP contribution is -2.33. The third-order valence-corrected chi connectivity index (χ3v) is 4.61. The zero-order valence-electron chi connectivity index (χ0n) is 12.5. The second-order valence-electron chi connectivity index (χ2n) is 5.38. The molecule has 1 aliphatic rings. The zero-order valence-corrected chi connectivity index (χ0v) is 13.4. The number of rotatable bonds is 6. The van der Waals surface area contributed by atoms with Crippen molar-refractivity contribution in [1.82, 2.24) is 4.90 Å². The Kier molecular flexibility index (Phi) is 5.80. The number of carbonyl (C=O) groups is 1. The van der Waals surface area contributed by atoms with Crippen LogP contribution in [0.15, 0.2) is 29.2 Å². The molecule has 1 aromatic carbocycles. The standard InChI is InChI=1S/C15H18F3NO3S/c1-23-11-4-2-10(3-5-11)22-7-6-19-8-12(14(20)21)13(9-19)15(16,17)18/h2-5,12-13H,6-9H2,1H3,(H,20,21)/t12-,13-/m1/s1. The molecule has 1 N–H and O–H groups in total. The molecule has 0 aliphatic carbocycles. The fraction of sp³-hybridized carbons (Fsp3) is 0.533. The number of halogens is 3. The molecule has 2 atom stereocenters. The monoisotopic (exact) mass is 349 g/mol.